The van der Waals surface area contributed by atoms with E-state index in [9.17, 15) is 14.0 Å². The van der Waals surface area contributed by atoms with Gasteiger partial charge in [-0.1, -0.05) is 26.0 Å². The molecule has 126 valence electrons. The predicted octanol–water partition coefficient (Wildman–Crippen LogP) is 1.17. The fourth-order valence-electron chi connectivity index (χ4n) is 2.74. The molecule has 1 aromatic carbocycles. The van der Waals surface area contributed by atoms with Crippen molar-refractivity contribution in [3.05, 3.63) is 30.1 Å². The van der Waals surface area contributed by atoms with Gasteiger partial charge in [0.2, 0.25) is 5.91 Å². The van der Waals surface area contributed by atoms with Gasteiger partial charge in [0.05, 0.1) is 5.69 Å². The molecule has 6 nitrogen and oxygen atoms in total. The summed E-state index contributed by atoms with van der Waals surface area (Å²) >= 11 is 0. The van der Waals surface area contributed by atoms with E-state index in [1.54, 1.807) is 23.1 Å². The Bertz CT molecular complexity index is 571. The zero-order valence-electron chi connectivity index (χ0n) is 13.5. The average molecular weight is 322 g/mol. The van der Waals surface area contributed by atoms with Gasteiger partial charge in [-0.2, -0.15) is 0 Å². The Morgan fingerprint density at radius 3 is 2.30 bits per heavy atom. The topological polar surface area (TPSA) is 78.7 Å². The summed E-state index contributed by atoms with van der Waals surface area (Å²) in [5.74, 6) is -0.464. The van der Waals surface area contributed by atoms with Crippen molar-refractivity contribution in [1.82, 2.24) is 10.2 Å². The van der Waals surface area contributed by atoms with Crippen molar-refractivity contribution in [1.29, 1.82) is 0 Å². The standard InChI is InChI=1S/C16H23FN4O2/c1-11(2)14(19-16(18)23)15(22)21-9-7-20(8-10-21)13-6-4-3-5-12(13)17/h3-6,11,14H,7-10H2,1-2H3,(H3,18,19,23)/t14-/m1/s1. The first-order chi connectivity index (χ1) is 10.9. The van der Waals surface area contributed by atoms with Crippen LogP contribution in [0.15, 0.2) is 24.3 Å². The third-order valence-electron chi connectivity index (χ3n) is 4.01. The fraction of sp³-hybridized carbons (Fsp3) is 0.500. The van der Waals surface area contributed by atoms with Gasteiger partial charge in [0.1, 0.15) is 11.9 Å². The molecule has 1 aromatic rings. The van der Waals surface area contributed by atoms with E-state index in [-0.39, 0.29) is 17.6 Å². The van der Waals surface area contributed by atoms with E-state index in [2.05, 4.69) is 5.32 Å². The lowest BCUT2D eigenvalue weighted by molar-refractivity contribution is -0.134. The zero-order valence-corrected chi connectivity index (χ0v) is 13.5. The van der Waals surface area contributed by atoms with Crippen LogP contribution in [0.3, 0.4) is 0 Å². The SMILES string of the molecule is CC(C)[C@@H](NC(N)=O)C(=O)N1CCN(c2ccccc2F)CC1. The largest absolute Gasteiger partial charge is 0.366 e. The maximum absolute atomic E-state index is 13.8. The molecule has 3 amide bonds. The van der Waals surface area contributed by atoms with Gasteiger partial charge >= 0.3 is 6.03 Å². The van der Waals surface area contributed by atoms with Gasteiger partial charge in [0, 0.05) is 26.2 Å². The number of urea groups is 1. The van der Waals surface area contributed by atoms with E-state index >= 15 is 0 Å². The second-order valence-electron chi connectivity index (χ2n) is 5.99. The van der Waals surface area contributed by atoms with Crippen LogP contribution in [0.4, 0.5) is 14.9 Å². The molecule has 1 aliphatic rings. The maximum atomic E-state index is 13.8. The summed E-state index contributed by atoms with van der Waals surface area (Å²) in [5.41, 5.74) is 5.69. The van der Waals surface area contributed by atoms with Crippen molar-refractivity contribution in [2.75, 3.05) is 31.1 Å². The first-order valence-corrected chi connectivity index (χ1v) is 7.74. The van der Waals surface area contributed by atoms with Crippen LogP contribution >= 0.6 is 0 Å². The number of amides is 3. The van der Waals surface area contributed by atoms with Crippen molar-refractivity contribution >= 4 is 17.6 Å². The molecule has 0 aromatic heterocycles. The van der Waals surface area contributed by atoms with Crippen molar-refractivity contribution in [2.45, 2.75) is 19.9 Å². The number of primary amides is 1. The minimum absolute atomic E-state index is 0.0559. The molecule has 1 saturated heterocycles. The summed E-state index contributed by atoms with van der Waals surface area (Å²) in [6.07, 6.45) is 0. The average Bonchev–Trinajstić information content (AvgIpc) is 2.52. The first kappa shape index (κ1) is 17.1. The van der Waals surface area contributed by atoms with E-state index < -0.39 is 12.1 Å². The number of para-hydroxylation sites is 1. The van der Waals surface area contributed by atoms with Crippen LogP contribution in [0.5, 0.6) is 0 Å². The van der Waals surface area contributed by atoms with Crippen LogP contribution < -0.4 is 16.0 Å². The summed E-state index contributed by atoms with van der Waals surface area (Å²) in [5, 5.41) is 2.50. The Morgan fingerprint density at radius 1 is 1.17 bits per heavy atom. The molecule has 7 heteroatoms. The number of nitrogens with two attached hydrogens (primary N) is 1. The lowest BCUT2D eigenvalue weighted by Gasteiger charge is -2.38. The van der Waals surface area contributed by atoms with Crippen molar-refractivity contribution in [3.63, 3.8) is 0 Å². The summed E-state index contributed by atoms with van der Waals surface area (Å²) in [7, 11) is 0. The number of benzene rings is 1. The Kier molecular flexibility index (Phi) is 5.41. The number of carbonyl (C=O) groups excluding carboxylic acids is 2. The molecule has 0 unspecified atom stereocenters. The molecule has 1 atom stereocenters. The van der Waals surface area contributed by atoms with E-state index in [0.717, 1.165) is 0 Å². The molecule has 0 bridgehead atoms. The molecule has 0 spiro atoms. The van der Waals surface area contributed by atoms with Gasteiger partial charge in [-0.05, 0) is 18.1 Å². The number of piperazine rings is 1. The molecule has 1 fully saturated rings. The molecule has 3 N–H and O–H groups in total. The van der Waals surface area contributed by atoms with Gasteiger partial charge in [0.25, 0.3) is 0 Å². The van der Waals surface area contributed by atoms with Gasteiger partial charge in [-0.25, -0.2) is 9.18 Å². The molecule has 0 aliphatic carbocycles. The lowest BCUT2D eigenvalue weighted by Crippen LogP contribution is -2.57. The van der Waals surface area contributed by atoms with Crippen LogP contribution in [0.2, 0.25) is 0 Å². The number of hydrogen-bond donors (Lipinski definition) is 2. The van der Waals surface area contributed by atoms with E-state index in [0.29, 0.717) is 31.9 Å². The van der Waals surface area contributed by atoms with Crippen LogP contribution in [0, 0.1) is 11.7 Å². The Balaban J connectivity index is 1.99. The quantitative estimate of drug-likeness (QED) is 0.873. The molecular weight excluding hydrogens is 299 g/mol. The van der Waals surface area contributed by atoms with Crippen LogP contribution in [0.25, 0.3) is 0 Å². The zero-order chi connectivity index (χ0) is 17.0. The highest BCUT2D eigenvalue weighted by atomic mass is 19.1. The normalized spacial score (nSPS) is 16.3. The Labute approximate surface area is 135 Å². The predicted molar refractivity (Wildman–Crippen MR) is 86.5 cm³/mol. The van der Waals surface area contributed by atoms with Gasteiger partial charge in [-0.15, -0.1) is 0 Å². The number of anilines is 1. The maximum Gasteiger partial charge on any atom is 0.312 e. The molecule has 23 heavy (non-hydrogen) atoms. The number of halogens is 1. The third-order valence-corrected chi connectivity index (χ3v) is 4.01. The molecule has 2 rings (SSSR count). The number of nitrogens with one attached hydrogen (secondary N) is 1. The van der Waals surface area contributed by atoms with E-state index in [1.165, 1.54) is 6.07 Å². The molecule has 1 heterocycles. The number of hydrogen-bond acceptors (Lipinski definition) is 3. The van der Waals surface area contributed by atoms with E-state index in [1.807, 2.05) is 18.7 Å². The van der Waals surface area contributed by atoms with Crippen molar-refractivity contribution in [3.8, 4) is 0 Å². The smallest absolute Gasteiger partial charge is 0.312 e. The third kappa shape index (κ3) is 4.12. The summed E-state index contributed by atoms with van der Waals surface area (Å²) < 4.78 is 13.8. The molecular formula is C16H23FN4O2. The first-order valence-electron chi connectivity index (χ1n) is 7.74. The van der Waals surface area contributed by atoms with E-state index in [4.69, 9.17) is 5.73 Å². The number of nitrogens with zero attached hydrogens (tertiary/aromatic N) is 2. The second kappa shape index (κ2) is 7.30. The van der Waals surface area contributed by atoms with Gasteiger partial charge in [-0.3, -0.25) is 4.79 Å². The molecule has 0 radical (unpaired) electrons. The molecule has 0 saturated carbocycles. The van der Waals surface area contributed by atoms with Crippen molar-refractivity contribution < 1.29 is 14.0 Å². The molecule has 1 aliphatic heterocycles. The number of carbonyl (C=O) groups is 2. The highest BCUT2D eigenvalue weighted by molar-refractivity contribution is 5.87. The van der Waals surface area contributed by atoms with Crippen LogP contribution in [0.1, 0.15) is 13.8 Å². The number of rotatable bonds is 4. The highest BCUT2D eigenvalue weighted by Gasteiger charge is 2.30. The van der Waals surface area contributed by atoms with Crippen LogP contribution in [-0.4, -0.2) is 49.1 Å². The Hall–Kier alpha value is -2.31. The lowest BCUT2D eigenvalue weighted by atomic mass is 10.0. The Morgan fingerprint density at radius 2 is 1.78 bits per heavy atom. The monoisotopic (exact) mass is 322 g/mol. The summed E-state index contributed by atoms with van der Waals surface area (Å²) in [6, 6.07) is 5.27. The van der Waals surface area contributed by atoms with Crippen molar-refractivity contribution in [2.24, 2.45) is 11.7 Å². The van der Waals surface area contributed by atoms with Gasteiger partial charge < -0.3 is 20.9 Å². The van der Waals surface area contributed by atoms with Crippen LogP contribution in [-0.2, 0) is 4.79 Å². The highest BCUT2D eigenvalue weighted by Crippen LogP contribution is 2.20. The minimum atomic E-state index is -0.706. The summed E-state index contributed by atoms with van der Waals surface area (Å²) in [6.45, 7) is 5.78. The summed E-state index contributed by atoms with van der Waals surface area (Å²) in [4.78, 5) is 27.2. The fourth-order valence-corrected chi connectivity index (χ4v) is 2.74. The second-order valence-corrected chi connectivity index (χ2v) is 5.99. The van der Waals surface area contributed by atoms with Gasteiger partial charge in [0.15, 0.2) is 0 Å². The minimum Gasteiger partial charge on any atom is -0.366 e.